The fourth-order valence-electron chi connectivity index (χ4n) is 3.92. The third kappa shape index (κ3) is 4.17. The molecule has 0 spiro atoms. The Labute approximate surface area is 187 Å². The van der Waals surface area contributed by atoms with Crippen molar-refractivity contribution in [3.63, 3.8) is 0 Å². The second-order valence-electron chi connectivity index (χ2n) is 8.54. The molecule has 0 saturated carbocycles. The summed E-state index contributed by atoms with van der Waals surface area (Å²) in [4.78, 5) is 11.7. The van der Waals surface area contributed by atoms with Gasteiger partial charge >= 0.3 is 0 Å². The summed E-state index contributed by atoms with van der Waals surface area (Å²) in [5.41, 5.74) is 4.69. The number of imidazole rings is 1. The minimum Gasteiger partial charge on any atom is -0.386 e. The van der Waals surface area contributed by atoms with E-state index in [2.05, 4.69) is 39.5 Å². The van der Waals surface area contributed by atoms with Crippen LogP contribution < -0.4 is 10.2 Å². The fraction of sp³-hybridized carbons (Fsp3) is 0.280. The van der Waals surface area contributed by atoms with Gasteiger partial charge in [0.15, 0.2) is 11.5 Å². The molecule has 1 saturated heterocycles. The molecule has 7 nitrogen and oxygen atoms in total. The van der Waals surface area contributed by atoms with Gasteiger partial charge in [-0.3, -0.25) is 0 Å². The molecule has 2 N–H and O–H groups in total. The quantitative estimate of drug-likeness (QED) is 0.495. The zero-order chi connectivity index (χ0) is 22.1. The van der Waals surface area contributed by atoms with E-state index < -0.39 is 5.60 Å². The highest BCUT2D eigenvalue weighted by molar-refractivity contribution is 5.74. The van der Waals surface area contributed by atoms with Gasteiger partial charge in [-0.1, -0.05) is 24.3 Å². The van der Waals surface area contributed by atoms with Crippen molar-refractivity contribution in [3.05, 3.63) is 72.7 Å². The first kappa shape index (κ1) is 20.5. The molecule has 7 heteroatoms. The van der Waals surface area contributed by atoms with Crippen molar-refractivity contribution in [2.75, 3.05) is 36.5 Å². The van der Waals surface area contributed by atoms with E-state index in [0.717, 1.165) is 54.5 Å². The number of ether oxygens (including phenoxy) is 1. The van der Waals surface area contributed by atoms with Gasteiger partial charge in [-0.25, -0.2) is 9.97 Å². The molecular weight excluding hydrogens is 402 g/mol. The smallest absolute Gasteiger partial charge is 0.180 e. The Balaban J connectivity index is 1.43. The summed E-state index contributed by atoms with van der Waals surface area (Å²) < 4.78 is 7.41. The Morgan fingerprint density at radius 2 is 1.72 bits per heavy atom. The molecule has 4 aromatic rings. The molecular formula is C25H27N5O2. The number of aliphatic hydroxyl groups is 1. The molecule has 1 aliphatic heterocycles. The predicted octanol–water partition coefficient (Wildman–Crippen LogP) is 4.20. The molecule has 0 unspecified atom stereocenters. The highest BCUT2D eigenvalue weighted by Crippen LogP contribution is 2.28. The highest BCUT2D eigenvalue weighted by atomic mass is 16.5. The minimum absolute atomic E-state index is 0.693. The molecule has 0 bridgehead atoms. The van der Waals surface area contributed by atoms with Crippen LogP contribution in [0.15, 0.2) is 67.1 Å². The summed E-state index contributed by atoms with van der Waals surface area (Å²) >= 11 is 0. The lowest BCUT2D eigenvalue weighted by Crippen LogP contribution is -2.36. The number of rotatable bonds is 5. The number of morpholine rings is 1. The number of hydrogen-bond acceptors (Lipinski definition) is 6. The van der Waals surface area contributed by atoms with Crippen LogP contribution in [0, 0.1) is 0 Å². The van der Waals surface area contributed by atoms with Crippen LogP contribution in [-0.4, -0.2) is 45.8 Å². The van der Waals surface area contributed by atoms with Gasteiger partial charge in [0.2, 0.25) is 0 Å². The Kier molecular flexibility index (Phi) is 5.28. The lowest BCUT2D eigenvalue weighted by atomic mass is 9.97. The predicted molar refractivity (Wildman–Crippen MR) is 126 cm³/mol. The molecule has 32 heavy (non-hydrogen) atoms. The number of fused-ring (bicyclic) bond motifs is 1. The maximum absolute atomic E-state index is 10.2. The summed E-state index contributed by atoms with van der Waals surface area (Å²) in [6, 6.07) is 16.2. The van der Waals surface area contributed by atoms with Crippen LogP contribution in [0.2, 0.25) is 0 Å². The van der Waals surface area contributed by atoms with Crippen molar-refractivity contribution >= 4 is 22.8 Å². The van der Waals surface area contributed by atoms with Crippen LogP contribution in [0.4, 0.5) is 17.2 Å². The fourth-order valence-corrected chi connectivity index (χ4v) is 3.92. The zero-order valence-electron chi connectivity index (χ0n) is 18.3. The first-order valence-corrected chi connectivity index (χ1v) is 10.8. The Morgan fingerprint density at radius 1 is 1.00 bits per heavy atom. The summed E-state index contributed by atoms with van der Waals surface area (Å²) in [5.74, 6) is 0.693. The van der Waals surface area contributed by atoms with Gasteiger partial charge in [0, 0.05) is 48.6 Å². The number of nitrogens with zero attached hydrogens (tertiary/aromatic N) is 4. The van der Waals surface area contributed by atoms with E-state index in [4.69, 9.17) is 9.72 Å². The van der Waals surface area contributed by atoms with Crippen molar-refractivity contribution in [1.29, 1.82) is 0 Å². The van der Waals surface area contributed by atoms with Crippen LogP contribution in [0.5, 0.6) is 0 Å². The third-order valence-corrected chi connectivity index (χ3v) is 5.77. The topological polar surface area (TPSA) is 74.9 Å². The van der Waals surface area contributed by atoms with Crippen LogP contribution in [-0.2, 0) is 10.3 Å². The van der Waals surface area contributed by atoms with Crippen molar-refractivity contribution in [1.82, 2.24) is 14.4 Å². The summed E-state index contributed by atoms with van der Waals surface area (Å²) in [7, 11) is 0. The van der Waals surface area contributed by atoms with Gasteiger partial charge in [-0.05, 0) is 43.7 Å². The molecule has 2 aromatic heterocycles. The van der Waals surface area contributed by atoms with Crippen LogP contribution in [0.25, 0.3) is 16.9 Å². The Bertz CT molecular complexity index is 1200. The molecule has 3 heterocycles. The Hall–Kier alpha value is -3.42. The van der Waals surface area contributed by atoms with E-state index >= 15 is 0 Å². The summed E-state index contributed by atoms with van der Waals surface area (Å²) in [6.45, 7) is 6.93. The van der Waals surface area contributed by atoms with Gasteiger partial charge < -0.3 is 24.5 Å². The van der Waals surface area contributed by atoms with Crippen molar-refractivity contribution in [2.45, 2.75) is 19.4 Å². The number of hydrogen-bond donors (Lipinski definition) is 2. The van der Waals surface area contributed by atoms with Gasteiger partial charge in [-0.15, -0.1) is 0 Å². The van der Waals surface area contributed by atoms with Crippen molar-refractivity contribution in [3.8, 4) is 11.3 Å². The average Bonchev–Trinajstić information content (AvgIpc) is 3.29. The molecule has 0 radical (unpaired) electrons. The zero-order valence-corrected chi connectivity index (χ0v) is 18.3. The Morgan fingerprint density at radius 3 is 2.41 bits per heavy atom. The maximum Gasteiger partial charge on any atom is 0.180 e. The van der Waals surface area contributed by atoms with Crippen LogP contribution >= 0.6 is 0 Å². The number of anilines is 3. The molecule has 164 valence electrons. The molecule has 1 aliphatic rings. The lowest BCUT2D eigenvalue weighted by Gasteiger charge is -2.28. The van der Waals surface area contributed by atoms with Gasteiger partial charge in [0.05, 0.1) is 24.5 Å². The van der Waals surface area contributed by atoms with Gasteiger partial charge in [0.1, 0.15) is 0 Å². The normalized spacial score (nSPS) is 14.7. The van der Waals surface area contributed by atoms with E-state index in [1.807, 2.05) is 41.1 Å². The van der Waals surface area contributed by atoms with E-state index in [9.17, 15) is 5.11 Å². The molecule has 0 aliphatic carbocycles. The monoisotopic (exact) mass is 429 g/mol. The van der Waals surface area contributed by atoms with E-state index in [0.29, 0.717) is 5.82 Å². The molecule has 1 fully saturated rings. The van der Waals surface area contributed by atoms with Crippen LogP contribution in [0.1, 0.15) is 19.4 Å². The summed E-state index contributed by atoms with van der Waals surface area (Å²) in [5, 5.41) is 13.7. The van der Waals surface area contributed by atoms with Crippen molar-refractivity contribution < 1.29 is 9.84 Å². The third-order valence-electron chi connectivity index (χ3n) is 5.77. The van der Waals surface area contributed by atoms with Gasteiger partial charge in [0.25, 0.3) is 0 Å². The van der Waals surface area contributed by atoms with E-state index in [-0.39, 0.29) is 0 Å². The molecule has 0 amide bonds. The number of aromatic nitrogens is 3. The maximum atomic E-state index is 10.2. The SMILES string of the molecule is CC(C)(O)c1ccc(-c2cn3ccnc3c(Nc3ccc(N4CCOCC4)cc3)n2)cc1. The molecule has 5 rings (SSSR count). The van der Waals surface area contributed by atoms with Gasteiger partial charge in [-0.2, -0.15) is 0 Å². The lowest BCUT2D eigenvalue weighted by molar-refractivity contribution is 0.0786. The average molecular weight is 430 g/mol. The highest BCUT2D eigenvalue weighted by Gasteiger charge is 2.16. The first-order valence-electron chi connectivity index (χ1n) is 10.8. The summed E-state index contributed by atoms with van der Waals surface area (Å²) in [6.07, 6.45) is 5.65. The second-order valence-corrected chi connectivity index (χ2v) is 8.54. The van der Waals surface area contributed by atoms with E-state index in [1.54, 1.807) is 20.0 Å². The van der Waals surface area contributed by atoms with E-state index in [1.165, 1.54) is 5.69 Å². The first-order chi connectivity index (χ1) is 15.5. The second kappa shape index (κ2) is 8.26. The largest absolute Gasteiger partial charge is 0.386 e. The minimum atomic E-state index is -0.875. The molecule has 2 aromatic carbocycles. The molecule has 0 atom stereocenters. The number of benzene rings is 2. The number of nitrogens with one attached hydrogen (secondary N) is 1. The van der Waals surface area contributed by atoms with Crippen LogP contribution in [0.3, 0.4) is 0 Å². The van der Waals surface area contributed by atoms with Crippen molar-refractivity contribution in [2.24, 2.45) is 0 Å². The standard InChI is InChI=1S/C25H27N5O2/c1-25(2,31)19-5-3-18(4-6-19)22-17-30-12-11-26-24(30)23(28-22)27-20-7-9-21(10-8-20)29-13-15-32-16-14-29/h3-12,17,31H,13-16H2,1-2H3,(H,27,28).